The van der Waals surface area contributed by atoms with Crippen LogP contribution in [0, 0.1) is 40.9 Å². The first kappa shape index (κ1) is 17.7. The van der Waals surface area contributed by atoms with Gasteiger partial charge in [-0.25, -0.2) is 4.79 Å². The smallest absolute Gasteiger partial charge is 0.328 e. The first-order valence-corrected chi connectivity index (χ1v) is 10.8. The lowest BCUT2D eigenvalue weighted by Crippen LogP contribution is -2.54. The number of carbonyl (C=O) groups is 2. The number of allylic oxidation sites excluding steroid dienone is 1. The van der Waals surface area contributed by atoms with E-state index in [1.165, 1.54) is 12.0 Å². The van der Waals surface area contributed by atoms with Gasteiger partial charge in [0.2, 0.25) is 0 Å². The lowest BCUT2D eigenvalue weighted by Gasteiger charge is -2.56. The molecule has 4 nitrogen and oxygen atoms in total. The maximum atomic E-state index is 12.0. The second kappa shape index (κ2) is 5.79. The Hall–Kier alpha value is -1.42. The average molecular weight is 370 g/mol. The van der Waals surface area contributed by atoms with Gasteiger partial charge in [-0.3, -0.25) is 4.79 Å². The van der Waals surface area contributed by atoms with E-state index < -0.39 is 11.6 Å². The quantitative estimate of drug-likeness (QED) is 0.742. The van der Waals surface area contributed by atoms with E-state index in [0.717, 1.165) is 38.2 Å². The average Bonchev–Trinajstić information content (AvgIpc) is 3.39. The highest BCUT2D eigenvalue weighted by atomic mass is 16.4. The fourth-order valence-corrected chi connectivity index (χ4v) is 8.08. The zero-order valence-corrected chi connectivity index (χ0v) is 16.1. The molecule has 146 valence electrons. The van der Waals surface area contributed by atoms with E-state index in [0.29, 0.717) is 54.1 Å². The molecule has 4 fully saturated rings. The molecule has 0 aliphatic heterocycles. The normalized spacial score (nSPS) is 50.4. The number of aliphatic hydroxyl groups is 1. The molecule has 2 N–H and O–H groups in total. The number of aliphatic carboxylic acids is 1. The molecule has 0 radical (unpaired) electrons. The van der Waals surface area contributed by atoms with E-state index in [1.807, 2.05) is 6.08 Å². The predicted octanol–water partition coefficient (Wildman–Crippen LogP) is 3.75. The summed E-state index contributed by atoms with van der Waals surface area (Å²) in [5.74, 6) is 3.00. The molecule has 0 saturated heterocycles. The number of fused-ring (bicyclic) bond motifs is 8. The lowest BCUT2D eigenvalue weighted by molar-refractivity contribution is -0.132. The van der Waals surface area contributed by atoms with Crippen LogP contribution in [0.1, 0.15) is 58.3 Å². The highest BCUT2D eigenvalue weighted by molar-refractivity contribution is 5.91. The van der Waals surface area contributed by atoms with Gasteiger partial charge in [-0.15, -0.1) is 0 Å². The van der Waals surface area contributed by atoms with Crippen molar-refractivity contribution in [3.63, 3.8) is 0 Å². The topological polar surface area (TPSA) is 74.6 Å². The highest BCUT2D eigenvalue weighted by Gasteiger charge is 2.68. The van der Waals surface area contributed by atoms with Crippen molar-refractivity contribution in [1.29, 1.82) is 0 Å². The van der Waals surface area contributed by atoms with Crippen LogP contribution in [0.15, 0.2) is 23.8 Å². The zero-order chi connectivity index (χ0) is 19.0. The van der Waals surface area contributed by atoms with Crippen molar-refractivity contribution in [2.75, 3.05) is 0 Å². The van der Waals surface area contributed by atoms with Crippen LogP contribution in [0.4, 0.5) is 0 Å². The molecule has 5 aliphatic carbocycles. The number of rotatable bonds is 3. The van der Waals surface area contributed by atoms with E-state index in [4.69, 9.17) is 5.11 Å². The SMILES string of the molecule is CC[C@]12CC[C@H]3[C@@H]([C@H]4C[C@H]4C4=CC(=O)CC[C@@H]43)[C@@H]1CC[C@@]2(O)/C=C\C(=O)O. The summed E-state index contributed by atoms with van der Waals surface area (Å²) >= 11 is 0. The van der Waals surface area contributed by atoms with Gasteiger partial charge in [-0.1, -0.05) is 12.5 Å². The Bertz CT molecular complexity index is 751. The predicted molar refractivity (Wildman–Crippen MR) is 101 cm³/mol. The number of carboxylic acids is 1. The van der Waals surface area contributed by atoms with Gasteiger partial charge in [0.25, 0.3) is 0 Å². The number of carbonyl (C=O) groups excluding carboxylic acids is 1. The molecule has 0 amide bonds. The molecule has 27 heavy (non-hydrogen) atoms. The maximum Gasteiger partial charge on any atom is 0.328 e. The van der Waals surface area contributed by atoms with Crippen molar-refractivity contribution < 1.29 is 19.8 Å². The van der Waals surface area contributed by atoms with Crippen LogP contribution in [-0.2, 0) is 9.59 Å². The molecular formula is C23H30O4. The molecular weight excluding hydrogens is 340 g/mol. The van der Waals surface area contributed by atoms with Gasteiger partial charge in [0.05, 0.1) is 5.60 Å². The number of carboxylic acid groups (broad SMARTS) is 1. The summed E-state index contributed by atoms with van der Waals surface area (Å²) < 4.78 is 0. The molecule has 0 unspecified atom stereocenters. The molecule has 4 heteroatoms. The van der Waals surface area contributed by atoms with Crippen molar-refractivity contribution >= 4 is 11.8 Å². The summed E-state index contributed by atoms with van der Waals surface area (Å²) in [6.07, 6.45) is 12.3. The summed E-state index contributed by atoms with van der Waals surface area (Å²) in [6.45, 7) is 2.18. The molecule has 0 aromatic heterocycles. The Labute approximate surface area is 160 Å². The van der Waals surface area contributed by atoms with Crippen LogP contribution in [0.25, 0.3) is 0 Å². The van der Waals surface area contributed by atoms with Gasteiger partial charge in [0, 0.05) is 17.9 Å². The van der Waals surface area contributed by atoms with Crippen LogP contribution in [-0.4, -0.2) is 27.6 Å². The summed E-state index contributed by atoms with van der Waals surface area (Å²) in [5.41, 5.74) is 0.290. The Morgan fingerprint density at radius 1 is 1.22 bits per heavy atom. The number of ketones is 1. The van der Waals surface area contributed by atoms with E-state index in [1.54, 1.807) is 6.08 Å². The van der Waals surface area contributed by atoms with Crippen molar-refractivity contribution in [1.82, 2.24) is 0 Å². The van der Waals surface area contributed by atoms with E-state index in [2.05, 4.69) is 6.92 Å². The Kier molecular flexibility index (Phi) is 3.79. The third kappa shape index (κ3) is 2.31. The minimum atomic E-state index is -0.987. The fraction of sp³-hybridized carbons (Fsp3) is 0.739. The second-order valence-corrected chi connectivity index (χ2v) is 9.79. The molecule has 0 bridgehead atoms. The Morgan fingerprint density at radius 3 is 2.78 bits per heavy atom. The van der Waals surface area contributed by atoms with Crippen LogP contribution in [0.2, 0.25) is 0 Å². The van der Waals surface area contributed by atoms with Gasteiger partial charge in [0.15, 0.2) is 5.78 Å². The van der Waals surface area contributed by atoms with Gasteiger partial charge in [-0.2, -0.15) is 0 Å². The molecule has 8 atom stereocenters. The van der Waals surface area contributed by atoms with Crippen LogP contribution in [0.5, 0.6) is 0 Å². The largest absolute Gasteiger partial charge is 0.478 e. The van der Waals surface area contributed by atoms with Gasteiger partial charge >= 0.3 is 5.97 Å². The van der Waals surface area contributed by atoms with Crippen LogP contribution >= 0.6 is 0 Å². The molecule has 4 saturated carbocycles. The Morgan fingerprint density at radius 2 is 2.04 bits per heavy atom. The van der Waals surface area contributed by atoms with Crippen LogP contribution < -0.4 is 0 Å². The van der Waals surface area contributed by atoms with Crippen molar-refractivity contribution in [2.45, 2.75) is 63.9 Å². The molecule has 5 aliphatic rings. The third-order valence-electron chi connectivity index (χ3n) is 9.16. The molecule has 5 rings (SSSR count). The summed E-state index contributed by atoms with van der Waals surface area (Å²) in [4.78, 5) is 23.1. The van der Waals surface area contributed by atoms with Crippen LogP contribution in [0.3, 0.4) is 0 Å². The second-order valence-electron chi connectivity index (χ2n) is 9.79. The Balaban J connectivity index is 1.50. The van der Waals surface area contributed by atoms with Crippen molar-refractivity contribution in [3.05, 3.63) is 23.8 Å². The van der Waals surface area contributed by atoms with Crippen molar-refractivity contribution in [3.8, 4) is 0 Å². The summed E-state index contributed by atoms with van der Waals surface area (Å²) in [6, 6.07) is 0. The molecule has 0 aromatic rings. The summed E-state index contributed by atoms with van der Waals surface area (Å²) in [7, 11) is 0. The molecule has 0 spiro atoms. The first-order valence-electron chi connectivity index (χ1n) is 10.8. The molecule has 0 heterocycles. The molecule has 0 aromatic carbocycles. The third-order valence-corrected chi connectivity index (χ3v) is 9.16. The van der Waals surface area contributed by atoms with E-state index in [-0.39, 0.29) is 5.41 Å². The van der Waals surface area contributed by atoms with E-state index >= 15 is 0 Å². The van der Waals surface area contributed by atoms with Crippen molar-refractivity contribution in [2.24, 2.45) is 40.9 Å². The van der Waals surface area contributed by atoms with Gasteiger partial charge in [-0.05, 0) is 92.6 Å². The first-order chi connectivity index (χ1) is 12.9. The highest BCUT2D eigenvalue weighted by Crippen LogP contribution is 2.72. The lowest BCUT2D eigenvalue weighted by atomic mass is 9.49. The maximum absolute atomic E-state index is 12.0. The van der Waals surface area contributed by atoms with E-state index in [9.17, 15) is 14.7 Å². The van der Waals surface area contributed by atoms with Gasteiger partial charge in [0.1, 0.15) is 0 Å². The number of hydrogen-bond acceptors (Lipinski definition) is 3. The summed E-state index contributed by atoms with van der Waals surface area (Å²) in [5, 5.41) is 20.6. The monoisotopic (exact) mass is 370 g/mol. The zero-order valence-electron chi connectivity index (χ0n) is 16.1. The standard InChI is InChI=1S/C23H30O4/c1-2-22-8-5-15-14-4-3-13(24)11-16(14)17-12-18(17)21(15)19(22)6-9-23(22,27)10-7-20(25)26/h7,10-11,14-15,17-19,21,27H,2-6,8-9,12H2,1H3,(H,25,26)/b10-7-/t14-,15-,17+,18+,19+,21+,22+,23-/m1/s1. The minimum Gasteiger partial charge on any atom is -0.478 e. The minimum absolute atomic E-state index is 0.182. The number of hydrogen-bond donors (Lipinski definition) is 2. The fourth-order valence-electron chi connectivity index (χ4n) is 8.08. The van der Waals surface area contributed by atoms with Gasteiger partial charge < -0.3 is 10.2 Å².